The SMILES string of the molecule is O=[N+]([O-])c1ccn(CBr)n1. The summed E-state index contributed by atoms with van der Waals surface area (Å²) in [5.74, 6) is -0.126. The molecule has 0 atom stereocenters. The van der Waals surface area contributed by atoms with Crippen molar-refractivity contribution in [3.63, 3.8) is 0 Å². The second kappa shape index (κ2) is 2.78. The molecule has 0 aromatic carbocycles. The van der Waals surface area contributed by atoms with E-state index in [-0.39, 0.29) is 5.82 Å². The number of hydrogen-bond donors (Lipinski definition) is 0. The van der Waals surface area contributed by atoms with Crippen LogP contribution in [0.4, 0.5) is 5.82 Å². The van der Waals surface area contributed by atoms with Gasteiger partial charge >= 0.3 is 5.82 Å². The first-order chi connectivity index (χ1) is 4.74. The van der Waals surface area contributed by atoms with Crippen LogP contribution in [-0.2, 0) is 5.45 Å². The molecule has 0 bridgehead atoms. The van der Waals surface area contributed by atoms with Crippen molar-refractivity contribution in [1.29, 1.82) is 0 Å². The van der Waals surface area contributed by atoms with Crippen LogP contribution in [0, 0.1) is 10.1 Å². The monoisotopic (exact) mass is 205 g/mol. The van der Waals surface area contributed by atoms with E-state index in [0.29, 0.717) is 5.45 Å². The third-order valence-electron chi connectivity index (χ3n) is 0.936. The molecule has 0 radical (unpaired) electrons. The highest BCUT2D eigenvalue weighted by atomic mass is 79.9. The number of aromatic nitrogens is 2. The Morgan fingerprint density at radius 3 is 2.90 bits per heavy atom. The number of nitro groups is 1. The zero-order chi connectivity index (χ0) is 7.56. The Kier molecular flexibility index (Phi) is 2.00. The molecule has 0 saturated carbocycles. The van der Waals surface area contributed by atoms with Gasteiger partial charge in [0.05, 0.1) is 17.4 Å². The standard InChI is InChI=1S/C4H4BrN3O2/c5-3-7-2-1-4(6-7)8(9)10/h1-2H,3H2. The van der Waals surface area contributed by atoms with Crippen molar-refractivity contribution in [2.75, 3.05) is 0 Å². The van der Waals surface area contributed by atoms with E-state index in [0.717, 1.165) is 0 Å². The Morgan fingerprint density at radius 2 is 2.60 bits per heavy atom. The van der Waals surface area contributed by atoms with Gasteiger partial charge in [0.1, 0.15) is 5.45 Å². The summed E-state index contributed by atoms with van der Waals surface area (Å²) in [5.41, 5.74) is 0.473. The van der Waals surface area contributed by atoms with Crippen LogP contribution in [0.25, 0.3) is 0 Å². The molecule has 0 unspecified atom stereocenters. The first kappa shape index (κ1) is 7.20. The van der Waals surface area contributed by atoms with Crippen LogP contribution >= 0.6 is 15.9 Å². The van der Waals surface area contributed by atoms with Gasteiger partial charge in [-0.1, -0.05) is 15.9 Å². The van der Waals surface area contributed by atoms with Crippen molar-refractivity contribution in [1.82, 2.24) is 9.78 Å². The molecule has 0 saturated heterocycles. The maximum Gasteiger partial charge on any atom is 0.389 e. The minimum Gasteiger partial charge on any atom is -0.358 e. The van der Waals surface area contributed by atoms with Crippen molar-refractivity contribution in [3.05, 3.63) is 22.4 Å². The van der Waals surface area contributed by atoms with Crippen molar-refractivity contribution in [2.24, 2.45) is 0 Å². The fourth-order valence-corrected chi connectivity index (χ4v) is 0.794. The van der Waals surface area contributed by atoms with E-state index in [1.807, 2.05) is 0 Å². The molecule has 54 valence electrons. The Morgan fingerprint density at radius 1 is 1.90 bits per heavy atom. The third kappa shape index (κ3) is 1.32. The summed E-state index contributed by atoms with van der Waals surface area (Å²) in [6.07, 6.45) is 1.53. The molecule has 0 N–H and O–H groups in total. The molecule has 1 rings (SSSR count). The largest absolute Gasteiger partial charge is 0.389 e. The van der Waals surface area contributed by atoms with E-state index in [4.69, 9.17) is 0 Å². The molecule has 5 nitrogen and oxygen atoms in total. The van der Waals surface area contributed by atoms with E-state index in [2.05, 4.69) is 21.0 Å². The van der Waals surface area contributed by atoms with Crippen molar-refractivity contribution < 1.29 is 4.92 Å². The number of alkyl halides is 1. The predicted octanol–water partition coefficient (Wildman–Crippen LogP) is 1.14. The summed E-state index contributed by atoms with van der Waals surface area (Å²) in [6, 6.07) is 1.35. The summed E-state index contributed by atoms with van der Waals surface area (Å²) >= 11 is 3.10. The summed E-state index contributed by atoms with van der Waals surface area (Å²) < 4.78 is 1.43. The summed E-state index contributed by atoms with van der Waals surface area (Å²) in [4.78, 5) is 9.52. The fraction of sp³-hybridized carbons (Fsp3) is 0.250. The molecule has 0 fully saturated rings. The lowest BCUT2D eigenvalue weighted by Crippen LogP contribution is -1.94. The van der Waals surface area contributed by atoms with E-state index >= 15 is 0 Å². The lowest BCUT2D eigenvalue weighted by atomic mass is 10.7. The lowest BCUT2D eigenvalue weighted by Gasteiger charge is -1.83. The van der Waals surface area contributed by atoms with Gasteiger partial charge in [-0.15, -0.1) is 0 Å². The molecule has 1 aromatic heterocycles. The van der Waals surface area contributed by atoms with Gasteiger partial charge < -0.3 is 10.1 Å². The van der Waals surface area contributed by atoms with Crippen LogP contribution in [0.2, 0.25) is 0 Å². The number of nitrogens with zero attached hydrogens (tertiary/aromatic N) is 3. The number of hydrogen-bond acceptors (Lipinski definition) is 3. The molecule has 0 spiro atoms. The first-order valence-electron chi connectivity index (χ1n) is 2.48. The average Bonchev–Trinajstić information content (AvgIpc) is 2.34. The lowest BCUT2D eigenvalue weighted by molar-refractivity contribution is -0.389. The van der Waals surface area contributed by atoms with Gasteiger partial charge in [0.25, 0.3) is 0 Å². The highest BCUT2D eigenvalue weighted by molar-refractivity contribution is 9.08. The molecule has 10 heavy (non-hydrogen) atoms. The van der Waals surface area contributed by atoms with Crippen LogP contribution in [0.3, 0.4) is 0 Å². The van der Waals surface area contributed by atoms with Gasteiger partial charge in [-0.05, 0) is 4.92 Å². The second-order valence-electron chi connectivity index (χ2n) is 1.59. The summed E-state index contributed by atoms with van der Waals surface area (Å²) in [5, 5.41) is 13.6. The average molecular weight is 206 g/mol. The quantitative estimate of drug-likeness (QED) is 0.414. The Bertz CT molecular complexity index is 246. The van der Waals surface area contributed by atoms with Gasteiger partial charge in [-0.25, -0.2) is 0 Å². The molecule has 0 aliphatic carbocycles. The fourth-order valence-electron chi connectivity index (χ4n) is 0.515. The normalized spacial score (nSPS) is 9.70. The van der Waals surface area contributed by atoms with Crippen molar-refractivity contribution in [2.45, 2.75) is 5.45 Å². The number of halogens is 1. The van der Waals surface area contributed by atoms with E-state index in [1.54, 1.807) is 0 Å². The number of rotatable bonds is 2. The maximum absolute atomic E-state index is 10.0. The van der Waals surface area contributed by atoms with Crippen LogP contribution in [0.1, 0.15) is 0 Å². The predicted molar refractivity (Wildman–Crippen MR) is 37.8 cm³/mol. The van der Waals surface area contributed by atoms with E-state index in [9.17, 15) is 10.1 Å². The zero-order valence-corrected chi connectivity index (χ0v) is 6.48. The minimum absolute atomic E-state index is 0.126. The Balaban J connectivity index is 2.88. The van der Waals surface area contributed by atoms with Crippen LogP contribution in [0.5, 0.6) is 0 Å². The maximum atomic E-state index is 10.0. The molecule has 1 aromatic rings. The molecule has 0 aliphatic rings. The smallest absolute Gasteiger partial charge is 0.358 e. The first-order valence-corrected chi connectivity index (χ1v) is 3.60. The van der Waals surface area contributed by atoms with E-state index in [1.165, 1.54) is 16.9 Å². The molecule has 0 aliphatic heterocycles. The minimum atomic E-state index is -0.529. The summed E-state index contributed by atoms with van der Waals surface area (Å²) in [7, 11) is 0. The Hall–Kier alpha value is -0.910. The topological polar surface area (TPSA) is 61.0 Å². The van der Waals surface area contributed by atoms with Gasteiger partial charge in [-0.2, -0.15) is 4.68 Å². The van der Waals surface area contributed by atoms with Crippen LogP contribution in [0.15, 0.2) is 12.3 Å². The molecule has 0 amide bonds. The van der Waals surface area contributed by atoms with Crippen LogP contribution < -0.4 is 0 Å². The van der Waals surface area contributed by atoms with Gasteiger partial charge in [0.2, 0.25) is 0 Å². The molecule has 6 heteroatoms. The Labute approximate surface area is 64.9 Å². The second-order valence-corrected chi connectivity index (χ2v) is 2.09. The third-order valence-corrected chi connectivity index (χ3v) is 1.45. The molecule has 1 heterocycles. The van der Waals surface area contributed by atoms with Crippen LogP contribution in [-0.4, -0.2) is 14.7 Å². The highest BCUT2D eigenvalue weighted by Crippen LogP contribution is 2.05. The molecular weight excluding hydrogens is 202 g/mol. The van der Waals surface area contributed by atoms with E-state index < -0.39 is 4.92 Å². The zero-order valence-electron chi connectivity index (χ0n) is 4.90. The van der Waals surface area contributed by atoms with Gasteiger partial charge in [0.15, 0.2) is 0 Å². The van der Waals surface area contributed by atoms with Gasteiger partial charge in [-0.3, -0.25) is 0 Å². The van der Waals surface area contributed by atoms with Crippen molar-refractivity contribution in [3.8, 4) is 0 Å². The van der Waals surface area contributed by atoms with Gasteiger partial charge in [0, 0.05) is 0 Å². The summed E-state index contributed by atoms with van der Waals surface area (Å²) in [6.45, 7) is 0. The van der Waals surface area contributed by atoms with Crippen molar-refractivity contribution >= 4 is 21.7 Å². The highest BCUT2D eigenvalue weighted by Gasteiger charge is 2.08. The molecular formula is C4H4BrN3O2.